The summed E-state index contributed by atoms with van der Waals surface area (Å²) in [6.07, 6.45) is 5.22. The number of hydrogen-bond donors (Lipinski definition) is 0. The standard InChI is InChI=1S/C23H30N4O3S/c1-17(16-28)19-4-2-3-5-20(19)21-24-25-22(31-21)27-10-6-18(7-11-27)26-12-8-23(9-13-26)29-14-15-30-23/h2-5,16-18H,6-15H2,1H3. The van der Waals surface area contributed by atoms with Gasteiger partial charge in [-0.2, -0.15) is 0 Å². The van der Waals surface area contributed by atoms with Crippen LogP contribution in [0.15, 0.2) is 24.3 Å². The summed E-state index contributed by atoms with van der Waals surface area (Å²) in [5.74, 6) is -0.444. The minimum absolute atomic E-state index is 0.150. The molecule has 7 nitrogen and oxygen atoms in total. The summed E-state index contributed by atoms with van der Waals surface area (Å²) in [5.41, 5.74) is 2.02. The van der Waals surface area contributed by atoms with E-state index in [1.54, 1.807) is 11.3 Å². The number of rotatable bonds is 5. The molecule has 2 aromatic rings. The monoisotopic (exact) mass is 442 g/mol. The van der Waals surface area contributed by atoms with Crippen molar-refractivity contribution in [3.63, 3.8) is 0 Å². The smallest absolute Gasteiger partial charge is 0.208 e. The number of benzene rings is 1. The van der Waals surface area contributed by atoms with E-state index >= 15 is 0 Å². The van der Waals surface area contributed by atoms with Gasteiger partial charge in [-0.3, -0.25) is 4.90 Å². The molecule has 31 heavy (non-hydrogen) atoms. The average Bonchev–Trinajstić information content (AvgIpc) is 3.50. The molecule has 0 amide bonds. The van der Waals surface area contributed by atoms with Crippen LogP contribution in [0, 0.1) is 0 Å². The molecule has 0 radical (unpaired) electrons. The van der Waals surface area contributed by atoms with Crippen LogP contribution in [0.5, 0.6) is 0 Å². The lowest BCUT2D eigenvalue weighted by Gasteiger charge is -2.44. The molecule has 0 N–H and O–H groups in total. The second kappa shape index (κ2) is 8.94. The normalized spacial score (nSPS) is 23.3. The molecule has 1 atom stereocenters. The molecule has 0 bridgehead atoms. The maximum absolute atomic E-state index is 11.3. The molecular weight excluding hydrogens is 412 g/mol. The molecule has 1 unspecified atom stereocenters. The first-order valence-electron chi connectivity index (χ1n) is 11.3. The summed E-state index contributed by atoms with van der Waals surface area (Å²) in [5, 5.41) is 10.8. The molecule has 1 spiro atoms. The fourth-order valence-electron chi connectivity index (χ4n) is 5.05. The summed E-state index contributed by atoms with van der Waals surface area (Å²) in [6.45, 7) is 7.51. The predicted molar refractivity (Wildman–Crippen MR) is 121 cm³/mol. The fraction of sp³-hybridized carbons (Fsp3) is 0.609. The van der Waals surface area contributed by atoms with Crippen molar-refractivity contribution in [2.75, 3.05) is 44.3 Å². The fourth-order valence-corrected chi connectivity index (χ4v) is 6.00. The van der Waals surface area contributed by atoms with Gasteiger partial charge in [0.15, 0.2) is 5.79 Å². The number of carbonyl (C=O) groups is 1. The molecule has 8 heteroatoms. The highest BCUT2D eigenvalue weighted by Crippen LogP contribution is 2.36. The maximum Gasteiger partial charge on any atom is 0.208 e. The van der Waals surface area contributed by atoms with E-state index < -0.39 is 0 Å². The average molecular weight is 443 g/mol. The molecule has 0 saturated carbocycles. The number of piperidine rings is 2. The zero-order chi connectivity index (χ0) is 21.3. The first kappa shape index (κ1) is 21.0. The topological polar surface area (TPSA) is 67.8 Å². The first-order valence-corrected chi connectivity index (χ1v) is 12.1. The number of aldehydes is 1. The third-order valence-corrected chi connectivity index (χ3v) is 7.94. The van der Waals surface area contributed by atoms with Crippen LogP contribution in [0.3, 0.4) is 0 Å². The van der Waals surface area contributed by atoms with Gasteiger partial charge in [0.25, 0.3) is 0 Å². The Bertz CT molecular complexity index is 896. The minimum Gasteiger partial charge on any atom is -0.347 e. The van der Waals surface area contributed by atoms with Gasteiger partial charge in [0.05, 0.1) is 13.2 Å². The molecule has 166 valence electrons. The van der Waals surface area contributed by atoms with E-state index in [2.05, 4.69) is 20.0 Å². The van der Waals surface area contributed by atoms with Crippen LogP contribution in [0.25, 0.3) is 10.6 Å². The van der Waals surface area contributed by atoms with Gasteiger partial charge in [-0.15, -0.1) is 10.2 Å². The van der Waals surface area contributed by atoms with Crippen LogP contribution in [0.4, 0.5) is 5.13 Å². The van der Waals surface area contributed by atoms with Crippen LogP contribution in [0.1, 0.15) is 44.1 Å². The third kappa shape index (κ3) is 4.26. The van der Waals surface area contributed by atoms with Crippen molar-refractivity contribution in [1.82, 2.24) is 15.1 Å². The molecule has 5 rings (SSSR count). The highest BCUT2D eigenvalue weighted by Gasteiger charge is 2.41. The quantitative estimate of drug-likeness (QED) is 0.658. The number of nitrogens with zero attached hydrogens (tertiary/aromatic N) is 4. The van der Waals surface area contributed by atoms with Crippen molar-refractivity contribution >= 4 is 22.8 Å². The van der Waals surface area contributed by atoms with Crippen LogP contribution in [-0.2, 0) is 14.3 Å². The van der Waals surface area contributed by atoms with E-state index in [4.69, 9.17) is 9.47 Å². The van der Waals surface area contributed by atoms with Crippen molar-refractivity contribution in [2.24, 2.45) is 0 Å². The van der Waals surface area contributed by atoms with Crippen LogP contribution in [-0.4, -0.2) is 72.6 Å². The lowest BCUT2D eigenvalue weighted by molar-refractivity contribution is -0.188. The predicted octanol–water partition coefficient (Wildman–Crippen LogP) is 3.32. The third-order valence-electron chi connectivity index (χ3n) is 6.93. The molecule has 3 aliphatic rings. The van der Waals surface area contributed by atoms with Crippen LogP contribution in [0.2, 0.25) is 0 Å². The first-order chi connectivity index (χ1) is 15.2. The molecule has 4 heterocycles. The summed E-state index contributed by atoms with van der Waals surface area (Å²) >= 11 is 1.63. The number of hydrogen-bond acceptors (Lipinski definition) is 8. The van der Waals surface area contributed by atoms with Crippen molar-refractivity contribution in [1.29, 1.82) is 0 Å². The summed E-state index contributed by atoms with van der Waals surface area (Å²) in [6, 6.07) is 8.63. The van der Waals surface area contributed by atoms with Crippen molar-refractivity contribution in [3.05, 3.63) is 29.8 Å². The highest BCUT2D eigenvalue weighted by molar-refractivity contribution is 7.18. The van der Waals surface area contributed by atoms with Gasteiger partial charge in [-0.05, 0) is 18.4 Å². The molecular formula is C23H30N4O3S. The second-order valence-corrected chi connectivity index (χ2v) is 9.72. The SMILES string of the molecule is CC(C=O)c1ccccc1-c1nnc(N2CCC(N3CCC4(CC3)OCCO4)CC2)s1. The largest absolute Gasteiger partial charge is 0.347 e. The van der Waals surface area contributed by atoms with Crippen LogP contribution >= 0.6 is 11.3 Å². The zero-order valence-corrected chi connectivity index (χ0v) is 18.9. The van der Waals surface area contributed by atoms with Crippen molar-refractivity contribution in [2.45, 2.75) is 50.4 Å². The van der Waals surface area contributed by atoms with Gasteiger partial charge in [0.2, 0.25) is 5.13 Å². The Morgan fingerprint density at radius 1 is 1.10 bits per heavy atom. The van der Waals surface area contributed by atoms with E-state index in [1.807, 2.05) is 31.2 Å². The van der Waals surface area contributed by atoms with Crippen molar-refractivity contribution in [3.8, 4) is 10.6 Å². The maximum atomic E-state index is 11.3. The molecule has 1 aromatic carbocycles. The van der Waals surface area contributed by atoms with E-state index in [0.717, 1.165) is 92.6 Å². The Kier molecular flexibility index (Phi) is 6.05. The Labute approximate surface area is 187 Å². The Morgan fingerprint density at radius 3 is 2.52 bits per heavy atom. The number of likely N-dealkylation sites (tertiary alicyclic amines) is 1. The van der Waals surface area contributed by atoms with Gasteiger partial charge in [-0.25, -0.2) is 0 Å². The van der Waals surface area contributed by atoms with Crippen LogP contribution < -0.4 is 4.90 Å². The zero-order valence-electron chi connectivity index (χ0n) is 18.0. The van der Waals surface area contributed by atoms with E-state index in [-0.39, 0.29) is 11.7 Å². The number of ether oxygens (including phenoxy) is 2. The molecule has 3 saturated heterocycles. The Morgan fingerprint density at radius 2 is 1.81 bits per heavy atom. The lowest BCUT2D eigenvalue weighted by Crippen LogP contribution is -2.52. The number of anilines is 1. The van der Waals surface area contributed by atoms with Gasteiger partial charge < -0.3 is 19.2 Å². The Balaban J connectivity index is 1.20. The molecule has 3 fully saturated rings. The summed E-state index contributed by atoms with van der Waals surface area (Å²) < 4.78 is 11.7. The van der Waals surface area contributed by atoms with Gasteiger partial charge >= 0.3 is 0 Å². The van der Waals surface area contributed by atoms with E-state index in [0.29, 0.717) is 6.04 Å². The lowest BCUT2D eigenvalue weighted by atomic mass is 9.97. The number of carbonyl (C=O) groups excluding carboxylic acids is 1. The summed E-state index contributed by atoms with van der Waals surface area (Å²) in [7, 11) is 0. The summed E-state index contributed by atoms with van der Waals surface area (Å²) in [4.78, 5) is 16.3. The Hall–Kier alpha value is -1.87. The second-order valence-electron chi connectivity index (χ2n) is 8.76. The minimum atomic E-state index is -0.294. The number of aromatic nitrogens is 2. The van der Waals surface area contributed by atoms with E-state index in [1.165, 1.54) is 0 Å². The van der Waals surface area contributed by atoms with Gasteiger partial charge in [0, 0.05) is 56.5 Å². The van der Waals surface area contributed by atoms with Crippen molar-refractivity contribution < 1.29 is 14.3 Å². The van der Waals surface area contributed by atoms with Gasteiger partial charge in [-0.1, -0.05) is 42.5 Å². The molecule has 0 aliphatic carbocycles. The highest BCUT2D eigenvalue weighted by atomic mass is 32.1. The molecule has 1 aromatic heterocycles. The van der Waals surface area contributed by atoms with E-state index in [9.17, 15) is 4.79 Å². The van der Waals surface area contributed by atoms with Gasteiger partial charge in [0.1, 0.15) is 11.3 Å². The molecule has 3 aliphatic heterocycles.